The summed E-state index contributed by atoms with van der Waals surface area (Å²) in [6.45, 7) is 7.68. The van der Waals surface area contributed by atoms with Gasteiger partial charge in [-0.1, -0.05) is 18.6 Å². The van der Waals surface area contributed by atoms with Crippen LogP contribution in [0.1, 0.15) is 42.4 Å². The van der Waals surface area contributed by atoms with E-state index in [4.69, 9.17) is 14.2 Å². The number of aryl methyl sites for hydroxylation is 1. The molecule has 0 aliphatic carbocycles. The number of carbonyl (C=O) groups excluding carboxylic acids is 1. The summed E-state index contributed by atoms with van der Waals surface area (Å²) in [7, 11) is 3.30. The Morgan fingerprint density at radius 1 is 1.00 bits per heavy atom. The highest BCUT2D eigenvalue weighted by molar-refractivity contribution is 5.80. The second kappa shape index (κ2) is 12.3. The van der Waals surface area contributed by atoms with E-state index < -0.39 is 0 Å². The van der Waals surface area contributed by atoms with E-state index in [1.807, 2.05) is 24.3 Å². The molecule has 2 aliphatic rings. The number of fused-ring (bicyclic) bond motifs is 1. The first kappa shape index (κ1) is 25.4. The van der Waals surface area contributed by atoms with Gasteiger partial charge < -0.3 is 24.0 Å². The highest BCUT2D eigenvalue weighted by Gasteiger charge is 2.26. The third-order valence-electron chi connectivity index (χ3n) is 7.26. The van der Waals surface area contributed by atoms with Crippen LogP contribution in [0.4, 0.5) is 0 Å². The van der Waals surface area contributed by atoms with Crippen molar-refractivity contribution in [3.05, 3.63) is 53.1 Å². The maximum absolute atomic E-state index is 13.2. The van der Waals surface area contributed by atoms with Crippen LogP contribution in [0.3, 0.4) is 0 Å². The zero-order valence-corrected chi connectivity index (χ0v) is 21.6. The Bertz CT molecular complexity index is 993. The van der Waals surface area contributed by atoms with Crippen molar-refractivity contribution in [1.29, 1.82) is 0 Å². The minimum atomic E-state index is 0.221. The van der Waals surface area contributed by atoms with E-state index in [2.05, 4.69) is 28.9 Å². The van der Waals surface area contributed by atoms with Crippen molar-refractivity contribution in [3.8, 4) is 17.2 Å². The monoisotopic (exact) mass is 480 g/mol. The fourth-order valence-electron chi connectivity index (χ4n) is 5.37. The standard InChI is InChI=1S/C29H40N2O4/c1-22-8-6-10-26(16-22)35-15-7-13-30-12-5-4-9-23(20-30)21-31-14-11-24-17-27(33-2)28(34-3)18-25(24)19-29(31)32/h6,8,10,16-18,23H,4-5,7,9,11-15,19-21H2,1-3H3. The summed E-state index contributed by atoms with van der Waals surface area (Å²) in [6.07, 6.45) is 5.96. The van der Waals surface area contributed by atoms with Gasteiger partial charge in [-0.15, -0.1) is 0 Å². The van der Waals surface area contributed by atoms with Crippen LogP contribution in [0.25, 0.3) is 0 Å². The van der Waals surface area contributed by atoms with Crippen LogP contribution in [0.5, 0.6) is 17.2 Å². The van der Waals surface area contributed by atoms with Gasteiger partial charge in [0.25, 0.3) is 0 Å². The van der Waals surface area contributed by atoms with Gasteiger partial charge in [0.05, 0.1) is 27.2 Å². The number of nitrogens with zero attached hydrogens (tertiary/aromatic N) is 2. The van der Waals surface area contributed by atoms with Crippen LogP contribution in [-0.2, 0) is 17.6 Å². The zero-order valence-electron chi connectivity index (χ0n) is 21.6. The lowest BCUT2D eigenvalue weighted by molar-refractivity contribution is -0.130. The second-order valence-corrected chi connectivity index (χ2v) is 9.92. The molecule has 0 spiro atoms. The van der Waals surface area contributed by atoms with E-state index in [1.165, 1.54) is 30.4 Å². The van der Waals surface area contributed by atoms with Gasteiger partial charge >= 0.3 is 0 Å². The van der Waals surface area contributed by atoms with Gasteiger partial charge in [0.15, 0.2) is 11.5 Å². The Hall–Kier alpha value is -2.73. The molecule has 2 aliphatic heterocycles. The average Bonchev–Trinajstić information content (AvgIpc) is 3.17. The Morgan fingerprint density at radius 3 is 2.57 bits per heavy atom. The number of amides is 1. The van der Waals surface area contributed by atoms with E-state index in [0.717, 1.165) is 69.2 Å². The lowest BCUT2D eigenvalue weighted by atomic mass is 10.0. The molecule has 0 radical (unpaired) electrons. The third kappa shape index (κ3) is 6.91. The smallest absolute Gasteiger partial charge is 0.227 e. The van der Waals surface area contributed by atoms with Crippen molar-refractivity contribution < 1.29 is 19.0 Å². The fraction of sp³-hybridized carbons (Fsp3) is 0.552. The minimum absolute atomic E-state index is 0.221. The predicted molar refractivity (Wildman–Crippen MR) is 139 cm³/mol. The van der Waals surface area contributed by atoms with Gasteiger partial charge in [0, 0.05) is 26.2 Å². The van der Waals surface area contributed by atoms with Gasteiger partial charge in [0.1, 0.15) is 5.75 Å². The molecule has 2 heterocycles. The lowest BCUT2D eigenvalue weighted by Gasteiger charge is -2.29. The van der Waals surface area contributed by atoms with E-state index in [-0.39, 0.29) is 5.91 Å². The van der Waals surface area contributed by atoms with E-state index in [1.54, 1.807) is 14.2 Å². The molecule has 6 nitrogen and oxygen atoms in total. The van der Waals surface area contributed by atoms with Gasteiger partial charge in [0.2, 0.25) is 5.91 Å². The zero-order chi connectivity index (χ0) is 24.6. The molecule has 6 heteroatoms. The van der Waals surface area contributed by atoms with Gasteiger partial charge in [-0.25, -0.2) is 0 Å². The number of methoxy groups -OCH3 is 2. The second-order valence-electron chi connectivity index (χ2n) is 9.92. The molecule has 1 fully saturated rings. The minimum Gasteiger partial charge on any atom is -0.494 e. The highest BCUT2D eigenvalue weighted by atomic mass is 16.5. The van der Waals surface area contributed by atoms with Crippen molar-refractivity contribution in [1.82, 2.24) is 9.80 Å². The normalized spacial score (nSPS) is 19.0. The molecule has 0 bridgehead atoms. The van der Waals surface area contributed by atoms with Crippen LogP contribution in [0.2, 0.25) is 0 Å². The summed E-state index contributed by atoms with van der Waals surface area (Å²) < 4.78 is 16.9. The van der Waals surface area contributed by atoms with Crippen molar-refractivity contribution >= 4 is 5.91 Å². The SMILES string of the molecule is COc1cc2c(cc1OC)CC(=O)N(CC1CCCCN(CCCOc3cccc(C)c3)C1)CC2. The lowest BCUT2D eigenvalue weighted by Crippen LogP contribution is -2.40. The molecule has 1 atom stereocenters. The van der Waals surface area contributed by atoms with Crippen molar-refractivity contribution in [2.45, 2.75) is 45.4 Å². The van der Waals surface area contributed by atoms with Gasteiger partial charge in [-0.3, -0.25) is 4.79 Å². The maximum atomic E-state index is 13.2. The molecule has 1 unspecified atom stereocenters. The summed E-state index contributed by atoms with van der Waals surface area (Å²) in [5.74, 6) is 3.12. The molecule has 190 valence electrons. The summed E-state index contributed by atoms with van der Waals surface area (Å²) in [5.41, 5.74) is 3.48. The molecule has 1 saturated heterocycles. The Balaban J connectivity index is 1.29. The number of likely N-dealkylation sites (tertiary alicyclic amines) is 1. The first-order valence-corrected chi connectivity index (χ1v) is 13.0. The van der Waals surface area contributed by atoms with Crippen LogP contribution in [0, 0.1) is 12.8 Å². The van der Waals surface area contributed by atoms with Crippen LogP contribution in [0.15, 0.2) is 36.4 Å². The fourth-order valence-corrected chi connectivity index (χ4v) is 5.37. The molecule has 4 rings (SSSR count). The Kier molecular flexibility index (Phi) is 8.91. The van der Waals surface area contributed by atoms with Crippen LogP contribution in [-0.4, -0.2) is 69.3 Å². The van der Waals surface area contributed by atoms with Gasteiger partial charge in [-0.2, -0.15) is 0 Å². The first-order chi connectivity index (χ1) is 17.1. The third-order valence-corrected chi connectivity index (χ3v) is 7.26. The average molecular weight is 481 g/mol. The Morgan fingerprint density at radius 2 is 1.80 bits per heavy atom. The number of rotatable bonds is 9. The summed E-state index contributed by atoms with van der Waals surface area (Å²) in [6, 6.07) is 12.3. The summed E-state index contributed by atoms with van der Waals surface area (Å²) >= 11 is 0. The predicted octanol–water partition coefficient (Wildman–Crippen LogP) is 4.51. The van der Waals surface area contributed by atoms with Crippen molar-refractivity contribution in [3.63, 3.8) is 0 Å². The maximum Gasteiger partial charge on any atom is 0.227 e. The van der Waals surface area contributed by atoms with Crippen molar-refractivity contribution in [2.75, 3.05) is 53.6 Å². The number of carbonyl (C=O) groups is 1. The molecule has 2 aromatic rings. The Labute approximate surface area is 210 Å². The molecule has 2 aromatic carbocycles. The first-order valence-electron chi connectivity index (χ1n) is 13.0. The number of ether oxygens (including phenoxy) is 3. The molecule has 0 saturated carbocycles. The quantitative estimate of drug-likeness (QED) is 0.495. The molecular formula is C29H40N2O4. The number of hydrogen-bond donors (Lipinski definition) is 0. The van der Waals surface area contributed by atoms with E-state index in [0.29, 0.717) is 18.1 Å². The molecule has 1 amide bonds. The van der Waals surface area contributed by atoms with Crippen LogP contribution < -0.4 is 14.2 Å². The summed E-state index contributed by atoms with van der Waals surface area (Å²) in [5, 5.41) is 0. The highest BCUT2D eigenvalue weighted by Crippen LogP contribution is 2.32. The van der Waals surface area contributed by atoms with Crippen LogP contribution >= 0.6 is 0 Å². The number of benzene rings is 2. The largest absolute Gasteiger partial charge is 0.494 e. The summed E-state index contributed by atoms with van der Waals surface area (Å²) in [4.78, 5) is 17.8. The van der Waals surface area contributed by atoms with E-state index >= 15 is 0 Å². The molecule has 0 aromatic heterocycles. The topological polar surface area (TPSA) is 51.2 Å². The number of hydrogen-bond acceptors (Lipinski definition) is 5. The molecule has 0 N–H and O–H groups in total. The van der Waals surface area contributed by atoms with Gasteiger partial charge in [-0.05, 0) is 86.0 Å². The molecule has 35 heavy (non-hydrogen) atoms. The van der Waals surface area contributed by atoms with Crippen molar-refractivity contribution in [2.24, 2.45) is 5.92 Å². The molecular weight excluding hydrogens is 440 g/mol. The van der Waals surface area contributed by atoms with E-state index in [9.17, 15) is 4.79 Å².